The topological polar surface area (TPSA) is 157 Å². The van der Waals surface area contributed by atoms with Crippen LogP contribution in [0.2, 0.25) is 0 Å². The normalized spacial score (nSPS) is 12.8. The summed E-state index contributed by atoms with van der Waals surface area (Å²) in [6, 6.07) is 6.68. The second-order valence-electron chi connectivity index (χ2n) is 7.60. The average Bonchev–Trinajstić information content (AvgIpc) is 3.23. The lowest BCUT2D eigenvalue weighted by Crippen LogP contribution is -2.36. The van der Waals surface area contributed by atoms with Crippen molar-refractivity contribution in [1.29, 1.82) is 0 Å². The smallest absolute Gasteiger partial charge is 0.274 e. The van der Waals surface area contributed by atoms with Gasteiger partial charge in [-0.2, -0.15) is 5.10 Å². The number of nitrogens with one attached hydrogen (secondary N) is 3. The zero-order valence-electron chi connectivity index (χ0n) is 18.3. The third-order valence-electron chi connectivity index (χ3n) is 5.01. The van der Waals surface area contributed by atoms with E-state index >= 15 is 0 Å². The van der Waals surface area contributed by atoms with Crippen LogP contribution in [0.25, 0.3) is 10.9 Å². The van der Waals surface area contributed by atoms with E-state index in [4.69, 9.17) is 5.73 Å². The number of anilines is 2. The molecule has 0 bridgehead atoms. The SMILES string of the molecule is Nc1nccc(C(=O)Nc2ccc3nn(CC(=O)NCCNC(=O)C4=CCCC=C4)cc3c2)n1. The molecule has 2 heterocycles. The van der Waals surface area contributed by atoms with Crippen LogP contribution in [0.5, 0.6) is 0 Å². The van der Waals surface area contributed by atoms with Crippen molar-refractivity contribution in [2.24, 2.45) is 0 Å². The summed E-state index contributed by atoms with van der Waals surface area (Å²) in [4.78, 5) is 44.3. The number of benzene rings is 1. The first kappa shape index (κ1) is 22.6. The Labute approximate surface area is 195 Å². The quantitative estimate of drug-likeness (QED) is 0.368. The molecule has 0 aliphatic heterocycles. The maximum absolute atomic E-state index is 12.3. The van der Waals surface area contributed by atoms with E-state index in [9.17, 15) is 14.4 Å². The van der Waals surface area contributed by atoms with Crippen molar-refractivity contribution in [3.8, 4) is 0 Å². The summed E-state index contributed by atoms with van der Waals surface area (Å²) in [7, 11) is 0. The zero-order chi connectivity index (χ0) is 23.9. The minimum atomic E-state index is -0.414. The summed E-state index contributed by atoms with van der Waals surface area (Å²) >= 11 is 0. The molecule has 4 rings (SSSR count). The highest BCUT2D eigenvalue weighted by molar-refractivity contribution is 6.03. The van der Waals surface area contributed by atoms with Crippen molar-refractivity contribution < 1.29 is 14.4 Å². The van der Waals surface area contributed by atoms with Crippen LogP contribution in [0.1, 0.15) is 23.3 Å². The minimum Gasteiger partial charge on any atom is -0.368 e. The van der Waals surface area contributed by atoms with E-state index in [2.05, 4.69) is 31.0 Å². The third kappa shape index (κ3) is 5.82. The van der Waals surface area contributed by atoms with E-state index in [-0.39, 0.29) is 30.0 Å². The number of allylic oxidation sites excluding steroid dienone is 2. The molecule has 11 nitrogen and oxygen atoms in total. The molecule has 0 saturated heterocycles. The number of nitrogens with zero attached hydrogens (tertiary/aromatic N) is 4. The second-order valence-corrected chi connectivity index (χ2v) is 7.60. The predicted octanol–water partition coefficient (Wildman–Crippen LogP) is 1.17. The first-order valence-electron chi connectivity index (χ1n) is 10.8. The lowest BCUT2D eigenvalue weighted by molar-refractivity contribution is -0.122. The van der Waals surface area contributed by atoms with Crippen LogP contribution in [0.4, 0.5) is 11.6 Å². The molecule has 34 heavy (non-hydrogen) atoms. The van der Waals surface area contributed by atoms with Gasteiger partial charge in [0.15, 0.2) is 0 Å². The molecule has 0 fully saturated rings. The number of hydrogen-bond acceptors (Lipinski definition) is 7. The average molecular weight is 460 g/mol. The highest BCUT2D eigenvalue weighted by Gasteiger charge is 2.11. The molecule has 5 N–H and O–H groups in total. The van der Waals surface area contributed by atoms with E-state index in [1.165, 1.54) is 16.9 Å². The van der Waals surface area contributed by atoms with Crippen LogP contribution in [0, 0.1) is 0 Å². The standard InChI is InChI=1S/C23H24N8O3/c24-23-27-9-8-19(29-23)22(34)28-17-6-7-18-16(12-17)13-31(30-18)14-20(32)25-10-11-26-21(33)15-4-2-1-3-5-15/h2,4-9,12-13H,1,3,10-11,14H2,(H,25,32)(H,26,33)(H,28,34)(H2,24,27,29). The van der Waals surface area contributed by atoms with Crippen LogP contribution in [-0.2, 0) is 16.1 Å². The van der Waals surface area contributed by atoms with Crippen molar-refractivity contribution in [1.82, 2.24) is 30.4 Å². The van der Waals surface area contributed by atoms with E-state index < -0.39 is 5.91 Å². The summed E-state index contributed by atoms with van der Waals surface area (Å²) in [6.45, 7) is 0.669. The van der Waals surface area contributed by atoms with Gasteiger partial charge in [0.2, 0.25) is 11.9 Å². The Balaban J connectivity index is 1.27. The predicted molar refractivity (Wildman–Crippen MR) is 127 cm³/mol. The molecule has 3 aromatic rings. The fraction of sp³-hybridized carbons (Fsp3) is 0.217. The van der Waals surface area contributed by atoms with E-state index in [1.54, 1.807) is 24.4 Å². The molecule has 0 spiro atoms. The van der Waals surface area contributed by atoms with Gasteiger partial charge in [0.1, 0.15) is 12.2 Å². The molecule has 0 unspecified atom stereocenters. The Hall–Kier alpha value is -4.54. The second kappa shape index (κ2) is 10.4. The monoisotopic (exact) mass is 460 g/mol. The Morgan fingerprint density at radius 2 is 1.91 bits per heavy atom. The van der Waals surface area contributed by atoms with Gasteiger partial charge in [-0.05, 0) is 37.1 Å². The van der Waals surface area contributed by atoms with Gasteiger partial charge in [-0.1, -0.05) is 18.2 Å². The molecular formula is C23H24N8O3. The lowest BCUT2D eigenvalue weighted by Gasteiger charge is -2.09. The van der Waals surface area contributed by atoms with Gasteiger partial charge in [-0.3, -0.25) is 19.1 Å². The van der Waals surface area contributed by atoms with Crippen molar-refractivity contribution in [2.75, 3.05) is 24.1 Å². The molecular weight excluding hydrogens is 436 g/mol. The van der Waals surface area contributed by atoms with Crippen LogP contribution >= 0.6 is 0 Å². The third-order valence-corrected chi connectivity index (χ3v) is 5.01. The molecule has 1 aliphatic carbocycles. The number of amides is 3. The summed E-state index contributed by atoms with van der Waals surface area (Å²) in [5.41, 5.74) is 7.56. The van der Waals surface area contributed by atoms with Gasteiger partial charge >= 0.3 is 0 Å². The summed E-state index contributed by atoms with van der Waals surface area (Å²) < 4.78 is 1.52. The minimum absolute atomic E-state index is 0.0174. The number of nitrogens with two attached hydrogens (primary N) is 1. The first-order valence-corrected chi connectivity index (χ1v) is 10.8. The van der Waals surface area contributed by atoms with Crippen LogP contribution in [-0.4, -0.2) is 50.6 Å². The first-order chi connectivity index (χ1) is 16.5. The van der Waals surface area contributed by atoms with Gasteiger partial charge in [0, 0.05) is 42.1 Å². The molecule has 0 radical (unpaired) electrons. The van der Waals surface area contributed by atoms with E-state index in [0.29, 0.717) is 29.9 Å². The lowest BCUT2D eigenvalue weighted by atomic mass is 10.1. The molecule has 174 valence electrons. The van der Waals surface area contributed by atoms with Gasteiger partial charge < -0.3 is 21.7 Å². The largest absolute Gasteiger partial charge is 0.368 e. The summed E-state index contributed by atoms with van der Waals surface area (Å²) in [5, 5.41) is 13.4. The Bertz CT molecular complexity index is 1290. The van der Waals surface area contributed by atoms with Crippen LogP contribution in [0.15, 0.2) is 60.5 Å². The number of aromatic nitrogens is 4. The molecule has 3 amide bonds. The number of carbonyl (C=O) groups excluding carboxylic acids is 3. The fourth-order valence-corrected chi connectivity index (χ4v) is 3.40. The fourth-order valence-electron chi connectivity index (χ4n) is 3.40. The van der Waals surface area contributed by atoms with E-state index in [1.807, 2.05) is 18.2 Å². The molecule has 0 saturated carbocycles. The van der Waals surface area contributed by atoms with Crippen LogP contribution in [0.3, 0.4) is 0 Å². The maximum Gasteiger partial charge on any atom is 0.274 e. The zero-order valence-corrected chi connectivity index (χ0v) is 18.3. The van der Waals surface area contributed by atoms with Gasteiger partial charge in [0.25, 0.3) is 11.8 Å². The molecule has 1 aliphatic rings. The van der Waals surface area contributed by atoms with Crippen molar-refractivity contribution >= 4 is 40.3 Å². The van der Waals surface area contributed by atoms with Gasteiger partial charge in [-0.15, -0.1) is 0 Å². The molecule has 11 heteroatoms. The maximum atomic E-state index is 12.3. The highest BCUT2D eigenvalue weighted by Crippen LogP contribution is 2.18. The number of hydrogen-bond donors (Lipinski definition) is 4. The highest BCUT2D eigenvalue weighted by atomic mass is 16.2. The van der Waals surface area contributed by atoms with Crippen molar-refractivity contribution in [2.45, 2.75) is 19.4 Å². The Morgan fingerprint density at radius 3 is 2.71 bits per heavy atom. The number of rotatable bonds is 8. The Kier molecular flexibility index (Phi) is 6.92. The molecule has 0 atom stereocenters. The van der Waals surface area contributed by atoms with Crippen molar-refractivity contribution in [3.63, 3.8) is 0 Å². The number of fused-ring (bicyclic) bond motifs is 1. The van der Waals surface area contributed by atoms with Crippen molar-refractivity contribution in [3.05, 3.63) is 66.2 Å². The number of nitrogen functional groups attached to an aromatic ring is 1. The Morgan fingerprint density at radius 1 is 1.06 bits per heavy atom. The summed E-state index contributed by atoms with van der Waals surface area (Å²) in [6.07, 6.45) is 10.6. The van der Waals surface area contributed by atoms with E-state index in [0.717, 1.165) is 18.2 Å². The molecule has 2 aromatic heterocycles. The van der Waals surface area contributed by atoms with Gasteiger partial charge in [-0.25, -0.2) is 9.97 Å². The molecule has 1 aromatic carbocycles. The van der Waals surface area contributed by atoms with Gasteiger partial charge in [0.05, 0.1) is 5.52 Å². The van der Waals surface area contributed by atoms with Crippen LogP contribution < -0.4 is 21.7 Å². The summed E-state index contributed by atoms with van der Waals surface area (Å²) in [5.74, 6) is -0.768. The number of carbonyl (C=O) groups is 3.